The molecule has 3 nitrogen and oxygen atoms in total. The van der Waals surface area contributed by atoms with E-state index in [9.17, 15) is 4.79 Å². The van der Waals surface area contributed by atoms with E-state index in [1.807, 2.05) is 34.7 Å². The van der Waals surface area contributed by atoms with E-state index >= 15 is 0 Å². The molecule has 0 radical (unpaired) electrons. The van der Waals surface area contributed by atoms with Gasteiger partial charge in [-0.15, -0.1) is 0 Å². The molecule has 0 amide bonds. The Morgan fingerprint density at radius 2 is 1.93 bits per heavy atom. The van der Waals surface area contributed by atoms with Crippen LogP contribution in [0.15, 0.2) is 29.1 Å². The number of rotatable bonds is 0. The zero-order valence-corrected chi connectivity index (χ0v) is 11.3. The summed E-state index contributed by atoms with van der Waals surface area (Å²) in [5, 5.41) is 0.660. The van der Waals surface area contributed by atoms with Gasteiger partial charge >= 0.3 is 0 Å². The summed E-state index contributed by atoms with van der Waals surface area (Å²) in [5.41, 5.74) is 0.788. The van der Waals surface area contributed by atoms with Crippen LogP contribution in [0.2, 0.25) is 0 Å². The first-order valence-corrected chi connectivity index (χ1v) is 6.01. The molecular weight excluding hydrogens is 406 g/mol. The normalized spacial score (nSPS) is 10.7. The topological polar surface area (TPSA) is 48.0 Å². The number of fused-ring (bicyclic) bond motifs is 1. The number of hydrogen-bond donors (Lipinski definition) is 1. The molecule has 0 saturated heterocycles. The quantitative estimate of drug-likeness (QED) is 0.409. The highest BCUT2D eigenvalue weighted by molar-refractivity contribution is 14.1. The second kappa shape index (κ2) is 3.69. The second-order valence-electron chi connectivity index (χ2n) is 2.86. The minimum atomic E-state index is 0.0162. The molecule has 0 aliphatic heterocycles. The van der Waals surface area contributed by atoms with E-state index in [-0.39, 0.29) is 5.43 Å². The molecule has 0 fully saturated rings. The van der Waals surface area contributed by atoms with Crippen molar-refractivity contribution in [2.24, 2.45) is 0 Å². The lowest BCUT2D eigenvalue weighted by atomic mass is 10.2. The minimum Gasteiger partial charge on any atom is -0.338 e. The Morgan fingerprint density at radius 3 is 2.64 bits per heavy atom. The molecule has 0 saturated carbocycles. The largest absolute Gasteiger partial charge is 0.338 e. The molecule has 1 aromatic carbocycles. The van der Waals surface area contributed by atoms with Crippen molar-refractivity contribution in [2.75, 3.05) is 5.84 Å². The third-order valence-electron chi connectivity index (χ3n) is 1.97. The molecule has 72 valence electrons. The van der Waals surface area contributed by atoms with Crippen LogP contribution in [0.4, 0.5) is 0 Å². The van der Waals surface area contributed by atoms with Gasteiger partial charge in [0.2, 0.25) is 0 Å². The monoisotopic (exact) mass is 412 g/mol. The number of halogens is 2. The molecule has 1 aromatic heterocycles. The highest BCUT2D eigenvalue weighted by Crippen LogP contribution is 2.15. The van der Waals surface area contributed by atoms with Gasteiger partial charge in [-0.1, -0.05) is 0 Å². The number of pyridine rings is 1. The Balaban J connectivity index is 3.03. The van der Waals surface area contributed by atoms with Gasteiger partial charge < -0.3 is 5.84 Å². The Labute approximate surface area is 108 Å². The van der Waals surface area contributed by atoms with Crippen LogP contribution in [-0.2, 0) is 0 Å². The van der Waals surface area contributed by atoms with Crippen molar-refractivity contribution in [3.63, 3.8) is 0 Å². The van der Waals surface area contributed by atoms with Gasteiger partial charge in [0.25, 0.3) is 0 Å². The van der Waals surface area contributed by atoms with Crippen LogP contribution in [0, 0.1) is 7.27 Å². The van der Waals surface area contributed by atoms with E-state index in [4.69, 9.17) is 5.84 Å². The van der Waals surface area contributed by atoms with Gasteiger partial charge in [-0.25, -0.2) is 0 Å². The predicted molar refractivity (Wildman–Crippen MR) is 73.8 cm³/mol. The molecule has 14 heavy (non-hydrogen) atoms. The van der Waals surface area contributed by atoms with Gasteiger partial charge in [0, 0.05) is 15.0 Å². The average Bonchev–Trinajstić information content (AvgIpc) is 2.14. The van der Waals surface area contributed by atoms with Crippen LogP contribution in [0.25, 0.3) is 10.9 Å². The lowest BCUT2D eigenvalue weighted by molar-refractivity contribution is 1.00. The molecule has 2 rings (SSSR count). The Kier molecular flexibility index (Phi) is 2.69. The SMILES string of the molecule is Nn1c(I)cc(=O)c2ccc(I)cc21. The first-order chi connectivity index (χ1) is 6.59. The zero-order valence-electron chi connectivity index (χ0n) is 7.00. The maximum atomic E-state index is 11.6. The van der Waals surface area contributed by atoms with Gasteiger partial charge in [0.1, 0.15) is 3.70 Å². The smallest absolute Gasteiger partial charge is 0.190 e. The first kappa shape index (κ1) is 10.2. The van der Waals surface area contributed by atoms with Crippen LogP contribution in [0.1, 0.15) is 0 Å². The van der Waals surface area contributed by atoms with Crippen LogP contribution in [-0.4, -0.2) is 4.68 Å². The standard InChI is InChI=1S/C9H6I2N2O/c10-5-1-2-6-7(3-5)13(12)9(11)4-8(6)14/h1-4H,12H2. The fraction of sp³-hybridized carbons (Fsp3) is 0. The zero-order chi connectivity index (χ0) is 10.3. The highest BCUT2D eigenvalue weighted by atomic mass is 127. The molecule has 0 spiro atoms. The first-order valence-electron chi connectivity index (χ1n) is 3.85. The third-order valence-corrected chi connectivity index (χ3v) is 3.47. The summed E-state index contributed by atoms with van der Waals surface area (Å²) >= 11 is 4.24. The third kappa shape index (κ3) is 1.62. The molecule has 2 aromatic rings. The lowest BCUT2D eigenvalue weighted by Crippen LogP contribution is -2.18. The van der Waals surface area contributed by atoms with Crippen molar-refractivity contribution in [1.82, 2.24) is 4.68 Å². The van der Waals surface area contributed by atoms with Gasteiger partial charge in [-0.2, -0.15) is 0 Å². The number of hydrogen-bond acceptors (Lipinski definition) is 2. The van der Waals surface area contributed by atoms with Crippen molar-refractivity contribution < 1.29 is 0 Å². The second-order valence-corrected chi connectivity index (χ2v) is 5.21. The van der Waals surface area contributed by atoms with Crippen LogP contribution < -0.4 is 11.3 Å². The molecule has 0 atom stereocenters. The highest BCUT2D eigenvalue weighted by Gasteiger charge is 2.04. The average molecular weight is 412 g/mol. The molecule has 0 aliphatic carbocycles. The summed E-state index contributed by atoms with van der Waals surface area (Å²) in [6, 6.07) is 7.14. The van der Waals surface area contributed by atoms with E-state index in [0.29, 0.717) is 5.39 Å². The van der Waals surface area contributed by atoms with Gasteiger partial charge in [-0.05, 0) is 63.4 Å². The van der Waals surface area contributed by atoms with Crippen molar-refractivity contribution in [3.8, 4) is 0 Å². The van der Waals surface area contributed by atoms with Crippen LogP contribution in [0.3, 0.4) is 0 Å². The predicted octanol–water partition coefficient (Wildman–Crippen LogP) is 1.92. The summed E-state index contributed by atoms with van der Waals surface area (Å²) in [7, 11) is 0. The van der Waals surface area contributed by atoms with Crippen molar-refractivity contribution in [2.45, 2.75) is 0 Å². The van der Waals surface area contributed by atoms with Gasteiger partial charge in [0.05, 0.1) is 5.52 Å². The van der Waals surface area contributed by atoms with E-state index in [0.717, 1.165) is 12.8 Å². The van der Waals surface area contributed by atoms with Crippen molar-refractivity contribution in [1.29, 1.82) is 0 Å². The maximum Gasteiger partial charge on any atom is 0.190 e. The number of nitrogens with zero attached hydrogens (tertiary/aromatic N) is 1. The van der Waals surface area contributed by atoms with Crippen LogP contribution >= 0.6 is 45.2 Å². The fourth-order valence-electron chi connectivity index (χ4n) is 1.28. The summed E-state index contributed by atoms with van der Waals surface area (Å²) in [6.45, 7) is 0. The number of aromatic nitrogens is 1. The summed E-state index contributed by atoms with van der Waals surface area (Å²) in [6.07, 6.45) is 0. The Bertz CT molecular complexity index is 562. The number of benzene rings is 1. The molecule has 0 unspecified atom stereocenters. The van der Waals surface area contributed by atoms with Crippen LogP contribution in [0.5, 0.6) is 0 Å². The molecule has 1 heterocycles. The summed E-state index contributed by atoms with van der Waals surface area (Å²) < 4.78 is 3.33. The van der Waals surface area contributed by atoms with Gasteiger partial charge in [-0.3, -0.25) is 9.47 Å². The van der Waals surface area contributed by atoms with Crippen molar-refractivity contribution in [3.05, 3.63) is 41.8 Å². The lowest BCUT2D eigenvalue weighted by Gasteiger charge is -2.07. The van der Waals surface area contributed by atoms with E-state index in [1.54, 1.807) is 6.07 Å². The van der Waals surface area contributed by atoms with Crippen molar-refractivity contribution >= 4 is 56.1 Å². The Morgan fingerprint density at radius 1 is 1.21 bits per heavy atom. The van der Waals surface area contributed by atoms with E-state index < -0.39 is 0 Å². The molecule has 5 heteroatoms. The van der Waals surface area contributed by atoms with Gasteiger partial charge in [0.15, 0.2) is 5.43 Å². The Hall–Kier alpha value is -0.310. The molecule has 0 bridgehead atoms. The summed E-state index contributed by atoms with van der Waals surface area (Å²) in [4.78, 5) is 11.6. The van der Waals surface area contributed by atoms with E-state index in [2.05, 4.69) is 22.6 Å². The maximum absolute atomic E-state index is 11.6. The molecular formula is C9H6I2N2O. The summed E-state index contributed by atoms with van der Waals surface area (Å²) in [5.74, 6) is 5.82. The molecule has 0 aliphatic rings. The molecule has 2 N–H and O–H groups in total. The number of nitrogens with two attached hydrogens (primary N) is 1. The minimum absolute atomic E-state index is 0.0162. The van der Waals surface area contributed by atoms with E-state index in [1.165, 1.54) is 10.7 Å². The number of nitrogen functional groups attached to an aromatic ring is 1. The fourth-order valence-corrected chi connectivity index (χ4v) is 2.30.